The first-order valence-electron chi connectivity index (χ1n) is 7.97. The number of benzene rings is 1. The first-order chi connectivity index (χ1) is 12.1. The molecule has 0 saturated carbocycles. The predicted molar refractivity (Wildman–Crippen MR) is 95.4 cm³/mol. The Morgan fingerprint density at radius 2 is 1.81 bits per heavy atom. The average molecular weight is 372 g/mol. The Balaban J connectivity index is 0.000000541. The molecule has 0 aliphatic rings. The van der Waals surface area contributed by atoms with Gasteiger partial charge in [-0.2, -0.15) is 0 Å². The number of carboxylic acids is 2. The van der Waals surface area contributed by atoms with E-state index in [0.29, 0.717) is 18.5 Å². The van der Waals surface area contributed by atoms with Gasteiger partial charge in [-0.3, -0.25) is 15.4 Å². The lowest BCUT2D eigenvalue weighted by Crippen LogP contribution is -2.54. The maximum absolute atomic E-state index is 11.0. The molecule has 0 amide bonds. The molecule has 11 N–H and O–H groups in total. The van der Waals surface area contributed by atoms with Gasteiger partial charge in [0, 0.05) is 6.42 Å². The maximum atomic E-state index is 11.0. The molecule has 0 heterocycles. The zero-order chi connectivity index (χ0) is 20.3. The largest absolute Gasteiger partial charge is 0.504 e. The Morgan fingerprint density at radius 3 is 2.23 bits per heavy atom. The SMILES string of the molecule is C[C@@](Cc1ccc(O)c(O)c1)(NN)C(=O)O.NCCCCC(N)C(=O)O. The molecule has 0 spiro atoms. The quantitative estimate of drug-likeness (QED) is 0.120. The highest BCUT2D eigenvalue weighted by atomic mass is 16.4. The summed E-state index contributed by atoms with van der Waals surface area (Å²) in [4.78, 5) is 21.1. The molecule has 2 atom stereocenters. The van der Waals surface area contributed by atoms with E-state index in [-0.39, 0.29) is 17.9 Å². The first kappa shape index (κ1) is 23.6. The highest BCUT2D eigenvalue weighted by Crippen LogP contribution is 2.26. The van der Waals surface area contributed by atoms with Gasteiger partial charge in [0.2, 0.25) is 0 Å². The molecule has 0 bridgehead atoms. The minimum absolute atomic E-state index is 0.0900. The zero-order valence-corrected chi connectivity index (χ0v) is 14.7. The average Bonchev–Trinajstić information content (AvgIpc) is 2.58. The van der Waals surface area contributed by atoms with Crippen LogP contribution in [-0.2, 0) is 16.0 Å². The summed E-state index contributed by atoms with van der Waals surface area (Å²) in [6.45, 7) is 2.03. The van der Waals surface area contributed by atoms with Gasteiger partial charge in [-0.25, -0.2) is 5.43 Å². The van der Waals surface area contributed by atoms with E-state index in [2.05, 4.69) is 5.43 Å². The van der Waals surface area contributed by atoms with Crippen LogP contribution in [0.1, 0.15) is 31.7 Å². The van der Waals surface area contributed by atoms with Crippen LogP contribution in [0.2, 0.25) is 0 Å². The number of hydrazine groups is 1. The molecular weight excluding hydrogens is 344 g/mol. The zero-order valence-electron chi connectivity index (χ0n) is 14.7. The minimum Gasteiger partial charge on any atom is -0.504 e. The van der Waals surface area contributed by atoms with Crippen molar-refractivity contribution in [2.45, 2.75) is 44.2 Å². The lowest BCUT2D eigenvalue weighted by Gasteiger charge is -2.23. The van der Waals surface area contributed by atoms with E-state index in [1.165, 1.54) is 25.1 Å². The molecule has 1 unspecified atom stereocenters. The van der Waals surface area contributed by atoms with Crippen molar-refractivity contribution in [2.75, 3.05) is 6.54 Å². The highest BCUT2D eigenvalue weighted by molar-refractivity contribution is 5.78. The molecule has 10 nitrogen and oxygen atoms in total. The van der Waals surface area contributed by atoms with Gasteiger partial charge in [0.25, 0.3) is 0 Å². The third-order valence-electron chi connectivity index (χ3n) is 3.67. The van der Waals surface area contributed by atoms with Crippen LogP contribution in [0.25, 0.3) is 0 Å². The topological polar surface area (TPSA) is 205 Å². The molecule has 0 fully saturated rings. The van der Waals surface area contributed by atoms with Crippen LogP contribution in [0, 0.1) is 0 Å². The molecule has 10 heteroatoms. The summed E-state index contributed by atoms with van der Waals surface area (Å²) in [5.41, 5.74) is 11.9. The first-order valence-corrected chi connectivity index (χ1v) is 7.97. The Labute approximate surface area is 151 Å². The van der Waals surface area contributed by atoms with Gasteiger partial charge in [-0.1, -0.05) is 12.5 Å². The Bertz CT molecular complexity index is 598. The van der Waals surface area contributed by atoms with E-state index >= 15 is 0 Å². The van der Waals surface area contributed by atoms with Gasteiger partial charge >= 0.3 is 11.9 Å². The number of carboxylic acid groups (broad SMARTS) is 2. The second kappa shape index (κ2) is 11.3. The van der Waals surface area contributed by atoms with Crippen molar-refractivity contribution in [1.29, 1.82) is 0 Å². The number of carbonyl (C=O) groups is 2. The van der Waals surface area contributed by atoms with Crippen molar-refractivity contribution in [2.24, 2.45) is 17.3 Å². The lowest BCUT2D eigenvalue weighted by molar-refractivity contribution is -0.144. The third kappa shape index (κ3) is 8.12. The molecule has 0 saturated heterocycles. The van der Waals surface area contributed by atoms with Crippen molar-refractivity contribution >= 4 is 11.9 Å². The van der Waals surface area contributed by atoms with Crippen LogP contribution in [0.5, 0.6) is 11.5 Å². The number of nitrogens with one attached hydrogen (secondary N) is 1. The number of unbranched alkanes of at least 4 members (excludes halogenated alkanes) is 1. The molecule has 1 aromatic rings. The van der Waals surface area contributed by atoms with Crippen LogP contribution in [0.15, 0.2) is 18.2 Å². The standard InChI is InChI=1S/C10H14N2O4.C6H14N2O2/c1-10(12-11,9(15)16)5-6-2-3-7(13)8(14)4-6;7-4-2-1-3-5(8)6(9)10/h2-4,12-14H,5,11H2,1H3,(H,15,16);5H,1-4,7-8H2,(H,9,10)/t10-;/m0./s1. The summed E-state index contributed by atoms with van der Waals surface area (Å²) >= 11 is 0. The third-order valence-corrected chi connectivity index (χ3v) is 3.67. The van der Waals surface area contributed by atoms with Crippen molar-refractivity contribution in [3.63, 3.8) is 0 Å². The number of phenolic OH excluding ortho intramolecular Hbond substituents is 2. The second-order valence-electron chi connectivity index (χ2n) is 6.01. The minimum atomic E-state index is -1.32. The smallest absolute Gasteiger partial charge is 0.325 e. The number of rotatable bonds is 9. The summed E-state index contributed by atoms with van der Waals surface area (Å²) in [5, 5.41) is 35.6. The number of phenols is 2. The van der Waals surface area contributed by atoms with Crippen LogP contribution in [0.3, 0.4) is 0 Å². The molecular formula is C16H28N4O6. The number of hydrogen-bond acceptors (Lipinski definition) is 8. The molecule has 148 valence electrons. The monoisotopic (exact) mass is 372 g/mol. The summed E-state index contributed by atoms with van der Waals surface area (Å²) in [7, 11) is 0. The van der Waals surface area contributed by atoms with Crippen molar-refractivity contribution in [3.05, 3.63) is 23.8 Å². The summed E-state index contributed by atoms with van der Waals surface area (Å²) < 4.78 is 0. The van der Waals surface area contributed by atoms with Gasteiger partial charge in [-0.15, -0.1) is 0 Å². The van der Waals surface area contributed by atoms with Crippen molar-refractivity contribution < 1.29 is 30.0 Å². The fraction of sp³-hybridized carbons (Fsp3) is 0.500. The van der Waals surface area contributed by atoms with Crippen molar-refractivity contribution in [3.8, 4) is 11.5 Å². The van der Waals surface area contributed by atoms with E-state index in [0.717, 1.165) is 12.8 Å². The molecule has 0 aliphatic carbocycles. The molecule has 0 aromatic heterocycles. The summed E-state index contributed by atoms with van der Waals surface area (Å²) in [6, 6.07) is 3.40. The van der Waals surface area contributed by atoms with Crippen LogP contribution < -0.4 is 22.7 Å². The van der Waals surface area contributed by atoms with E-state index in [1.807, 2.05) is 0 Å². The summed E-state index contributed by atoms with van der Waals surface area (Å²) in [5.74, 6) is 2.61. The van der Waals surface area contributed by atoms with Gasteiger partial charge < -0.3 is 31.9 Å². The molecule has 0 radical (unpaired) electrons. The molecule has 0 aliphatic heterocycles. The van der Waals surface area contributed by atoms with Gasteiger partial charge in [-0.05, 0) is 44.0 Å². The van der Waals surface area contributed by atoms with Crippen LogP contribution >= 0.6 is 0 Å². The molecule has 1 rings (SSSR count). The fourth-order valence-electron chi connectivity index (χ4n) is 1.91. The Hall–Kier alpha value is -2.40. The van der Waals surface area contributed by atoms with Crippen LogP contribution in [-0.4, -0.2) is 50.5 Å². The normalized spacial score (nSPS) is 13.8. The maximum Gasteiger partial charge on any atom is 0.325 e. The van der Waals surface area contributed by atoms with E-state index in [4.69, 9.17) is 32.6 Å². The van der Waals surface area contributed by atoms with Crippen molar-refractivity contribution in [1.82, 2.24) is 5.43 Å². The van der Waals surface area contributed by atoms with E-state index < -0.39 is 23.5 Å². The Kier molecular flexibility index (Phi) is 10.2. The number of hydrogen-bond donors (Lipinski definition) is 8. The number of aromatic hydroxyl groups is 2. The summed E-state index contributed by atoms with van der Waals surface area (Å²) in [6.07, 6.45) is 2.25. The fourth-order valence-corrected chi connectivity index (χ4v) is 1.91. The van der Waals surface area contributed by atoms with Crippen LogP contribution in [0.4, 0.5) is 0 Å². The van der Waals surface area contributed by atoms with E-state index in [1.54, 1.807) is 0 Å². The number of aliphatic carboxylic acids is 2. The Morgan fingerprint density at radius 1 is 1.19 bits per heavy atom. The highest BCUT2D eigenvalue weighted by Gasteiger charge is 2.32. The van der Waals surface area contributed by atoms with Gasteiger partial charge in [0.1, 0.15) is 11.6 Å². The molecule has 1 aromatic carbocycles. The number of nitrogens with two attached hydrogens (primary N) is 3. The van der Waals surface area contributed by atoms with E-state index in [9.17, 15) is 14.7 Å². The van der Waals surface area contributed by atoms with Gasteiger partial charge in [0.15, 0.2) is 11.5 Å². The second-order valence-corrected chi connectivity index (χ2v) is 6.01. The molecule has 26 heavy (non-hydrogen) atoms. The predicted octanol–water partition coefficient (Wildman–Crippen LogP) is -0.526. The lowest BCUT2D eigenvalue weighted by atomic mass is 9.93. The van der Waals surface area contributed by atoms with Gasteiger partial charge in [0.05, 0.1) is 0 Å².